The third kappa shape index (κ3) is 8.32. The zero-order chi connectivity index (χ0) is 25.9. The summed E-state index contributed by atoms with van der Waals surface area (Å²) in [6.45, 7) is 8.42. The highest BCUT2D eigenvalue weighted by molar-refractivity contribution is 5.94. The van der Waals surface area contributed by atoms with Crippen LogP contribution in [0.25, 0.3) is 11.1 Å². The summed E-state index contributed by atoms with van der Waals surface area (Å²) in [6.07, 6.45) is 2.95. The molecule has 2 unspecified atom stereocenters. The number of aryl methyl sites for hydroxylation is 1. The Morgan fingerprint density at radius 1 is 0.861 bits per heavy atom. The van der Waals surface area contributed by atoms with Crippen LogP contribution in [0.4, 0.5) is 0 Å². The first kappa shape index (κ1) is 27.6. The topological polar surface area (TPSA) is 44.4 Å². The largest absolute Gasteiger partial charge is 0.348 e. The van der Waals surface area contributed by atoms with Crippen molar-refractivity contribution in [1.82, 2.24) is 15.5 Å². The Kier molecular flexibility index (Phi) is 10.7. The average molecular weight is 486 g/mol. The molecular formula is C32H43N3O. The van der Waals surface area contributed by atoms with Crippen LogP contribution in [0.5, 0.6) is 0 Å². The van der Waals surface area contributed by atoms with Crippen LogP contribution in [0.3, 0.4) is 0 Å². The van der Waals surface area contributed by atoms with E-state index in [4.69, 9.17) is 0 Å². The molecule has 0 radical (unpaired) electrons. The standard InChI is InChI=1S/C32H43N3O/c1-6-25-12-14-27(15-13-25)28-16-18-29(19-17-28)32(36)34-30(21-26-10-8-7-9-11-26)23-35(5)31(22-33-4)20-24(2)3/h7-19,24,30-31,33H,6,20-23H2,1-5H3,(H,34,36). The second kappa shape index (κ2) is 14.0. The third-order valence-corrected chi connectivity index (χ3v) is 6.82. The predicted molar refractivity (Wildman–Crippen MR) is 152 cm³/mol. The van der Waals surface area contributed by atoms with Crippen molar-refractivity contribution in [3.05, 3.63) is 95.6 Å². The van der Waals surface area contributed by atoms with Gasteiger partial charge in [-0.25, -0.2) is 0 Å². The molecule has 192 valence electrons. The number of hydrogen-bond donors (Lipinski definition) is 2. The molecular weight excluding hydrogens is 442 g/mol. The maximum atomic E-state index is 13.3. The van der Waals surface area contributed by atoms with E-state index in [2.05, 4.69) is 91.9 Å². The zero-order valence-electron chi connectivity index (χ0n) is 22.6. The van der Waals surface area contributed by atoms with E-state index in [1.54, 1.807) is 0 Å². The minimum absolute atomic E-state index is 0.0117. The quantitative estimate of drug-likeness (QED) is 0.320. The molecule has 0 aliphatic heterocycles. The van der Waals surface area contributed by atoms with Crippen LogP contribution in [0, 0.1) is 5.92 Å². The lowest BCUT2D eigenvalue weighted by atomic mass is 10.00. The van der Waals surface area contributed by atoms with Crippen molar-refractivity contribution in [2.24, 2.45) is 5.92 Å². The van der Waals surface area contributed by atoms with Crippen molar-refractivity contribution in [2.75, 3.05) is 27.2 Å². The fourth-order valence-electron chi connectivity index (χ4n) is 4.77. The summed E-state index contributed by atoms with van der Waals surface area (Å²) >= 11 is 0. The van der Waals surface area contributed by atoms with E-state index in [1.807, 2.05) is 37.4 Å². The highest BCUT2D eigenvalue weighted by atomic mass is 16.1. The van der Waals surface area contributed by atoms with Gasteiger partial charge in [0.25, 0.3) is 5.91 Å². The number of likely N-dealkylation sites (N-methyl/N-ethyl adjacent to an activating group) is 2. The Hall–Kier alpha value is -2.95. The van der Waals surface area contributed by atoms with Crippen LogP contribution in [0.15, 0.2) is 78.9 Å². The smallest absolute Gasteiger partial charge is 0.251 e. The van der Waals surface area contributed by atoms with Gasteiger partial charge in [-0.05, 0) is 73.7 Å². The first-order valence-corrected chi connectivity index (χ1v) is 13.3. The van der Waals surface area contributed by atoms with Crippen LogP contribution < -0.4 is 10.6 Å². The Labute approximate surface area is 218 Å². The maximum absolute atomic E-state index is 13.3. The van der Waals surface area contributed by atoms with E-state index in [9.17, 15) is 4.79 Å². The van der Waals surface area contributed by atoms with E-state index >= 15 is 0 Å². The lowest BCUT2D eigenvalue weighted by Crippen LogP contribution is -2.49. The number of carbonyl (C=O) groups excluding carboxylic acids is 1. The SMILES string of the molecule is CCc1ccc(-c2ccc(C(=O)NC(Cc3ccccc3)CN(C)C(CNC)CC(C)C)cc2)cc1. The zero-order valence-corrected chi connectivity index (χ0v) is 22.6. The number of carbonyl (C=O) groups is 1. The van der Waals surface area contributed by atoms with E-state index < -0.39 is 0 Å². The number of rotatable bonds is 13. The van der Waals surface area contributed by atoms with Crippen LogP contribution in [-0.4, -0.2) is 50.1 Å². The van der Waals surface area contributed by atoms with Gasteiger partial charge in [-0.2, -0.15) is 0 Å². The van der Waals surface area contributed by atoms with Crippen molar-refractivity contribution in [3.63, 3.8) is 0 Å². The first-order valence-electron chi connectivity index (χ1n) is 13.3. The monoisotopic (exact) mass is 485 g/mol. The third-order valence-electron chi connectivity index (χ3n) is 6.82. The molecule has 0 saturated heterocycles. The second-order valence-corrected chi connectivity index (χ2v) is 10.3. The van der Waals surface area contributed by atoms with Gasteiger partial charge in [-0.3, -0.25) is 4.79 Å². The van der Waals surface area contributed by atoms with Gasteiger partial charge in [0.2, 0.25) is 0 Å². The Bertz CT molecular complexity index is 1050. The molecule has 1 amide bonds. The normalized spacial score (nSPS) is 13.1. The molecule has 3 rings (SSSR count). The number of nitrogens with zero attached hydrogens (tertiary/aromatic N) is 1. The van der Waals surface area contributed by atoms with Gasteiger partial charge in [-0.15, -0.1) is 0 Å². The summed E-state index contributed by atoms with van der Waals surface area (Å²) in [5.41, 5.74) is 5.55. The molecule has 0 aromatic heterocycles. The van der Waals surface area contributed by atoms with E-state index in [0.29, 0.717) is 17.5 Å². The van der Waals surface area contributed by atoms with Crippen molar-refractivity contribution < 1.29 is 4.79 Å². The molecule has 0 spiro atoms. The van der Waals surface area contributed by atoms with E-state index in [-0.39, 0.29) is 11.9 Å². The van der Waals surface area contributed by atoms with Gasteiger partial charge in [0, 0.05) is 30.7 Å². The molecule has 0 aliphatic rings. The first-order chi connectivity index (χ1) is 17.4. The molecule has 2 N–H and O–H groups in total. The molecule has 0 bridgehead atoms. The van der Waals surface area contributed by atoms with Gasteiger partial charge < -0.3 is 15.5 Å². The van der Waals surface area contributed by atoms with Crippen LogP contribution >= 0.6 is 0 Å². The minimum atomic E-state index is -0.0220. The van der Waals surface area contributed by atoms with Gasteiger partial charge in [-0.1, -0.05) is 87.5 Å². The van der Waals surface area contributed by atoms with Gasteiger partial charge in [0.15, 0.2) is 0 Å². The molecule has 0 saturated carbocycles. The fraction of sp³-hybridized carbons (Fsp3) is 0.406. The molecule has 0 fully saturated rings. The van der Waals surface area contributed by atoms with Gasteiger partial charge in [0.1, 0.15) is 0 Å². The van der Waals surface area contributed by atoms with Crippen molar-refractivity contribution in [1.29, 1.82) is 0 Å². The summed E-state index contributed by atoms with van der Waals surface area (Å²) in [5.74, 6) is 0.593. The van der Waals surface area contributed by atoms with Crippen molar-refractivity contribution in [3.8, 4) is 11.1 Å². The summed E-state index contributed by atoms with van der Waals surface area (Å²) in [4.78, 5) is 15.7. The minimum Gasteiger partial charge on any atom is -0.348 e. The molecule has 3 aromatic carbocycles. The summed E-state index contributed by atoms with van der Waals surface area (Å²) in [5, 5.41) is 6.68. The molecule has 3 aromatic rings. The molecule has 4 nitrogen and oxygen atoms in total. The van der Waals surface area contributed by atoms with Crippen LogP contribution in [0.2, 0.25) is 0 Å². The maximum Gasteiger partial charge on any atom is 0.251 e. The molecule has 0 heterocycles. The lowest BCUT2D eigenvalue weighted by molar-refractivity contribution is 0.0918. The van der Waals surface area contributed by atoms with Crippen LogP contribution in [0.1, 0.15) is 48.7 Å². The number of benzene rings is 3. The molecule has 2 atom stereocenters. The number of hydrogen-bond acceptors (Lipinski definition) is 3. The van der Waals surface area contributed by atoms with Gasteiger partial charge >= 0.3 is 0 Å². The Balaban J connectivity index is 1.72. The molecule has 4 heteroatoms. The Morgan fingerprint density at radius 3 is 2.03 bits per heavy atom. The number of amides is 1. The number of nitrogens with one attached hydrogen (secondary N) is 2. The van der Waals surface area contributed by atoms with Crippen LogP contribution in [-0.2, 0) is 12.8 Å². The Morgan fingerprint density at radius 2 is 1.47 bits per heavy atom. The van der Waals surface area contributed by atoms with Gasteiger partial charge in [0.05, 0.1) is 0 Å². The highest BCUT2D eigenvalue weighted by Crippen LogP contribution is 2.21. The van der Waals surface area contributed by atoms with E-state index in [1.165, 1.54) is 16.7 Å². The highest BCUT2D eigenvalue weighted by Gasteiger charge is 2.22. The van der Waals surface area contributed by atoms with Crippen molar-refractivity contribution >= 4 is 5.91 Å². The summed E-state index contributed by atoms with van der Waals surface area (Å²) in [6, 6.07) is 27.5. The van der Waals surface area contributed by atoms with E-state index in [0.717, 1.165) is 37.9 Å². The lowest BCUT2D eigenvalue weighted by Gasteiger charge is -2.33. The fourth-order valence-corrected chi connectivity index (χ4v) is 4.77. The predicted octanol–water partition coefficient (Wildman–Crippen LogP) is 5.82. The van der Waals surface area contributed by atoms with Crippen molar-refractivity contribution in [2.45, 2.75) is 52.1 Å². The second-order valence-electron chi connectivity index (χ2n) is 10.3. The molecule has 0 aliphatic carbocycles. The summed E-state index contributed by atoms with van der Waals surface area (Å²) < 4.78 is 0. The molecule has 36 heavy (non-hydrogen) atoms. The summed E-state index contributed by atoms with van der Waals surface area (Å²) in [7, 11) is 4.18. The average Bonchev–Trinajstić information content (AvgIpc) is 2.89.